The first-order valence-corrected chi connectivity index (χ1v) is 6.07. The molecule has 0 amide bonds. The second kappa shape index (κ2) is 6.25. The molecule has 0 atom stereocenters. The molecule has 1 heterocycles. The van der Waals surface area contributed by atoms with Crippen LogP contribution in [0.2, 0.25) is 5.02 Å². The fourth-order valence-electron chi connectivity index (χ4n) is 1.69. The molecule has 1 N–H and O–H groups in total. The minimum atomic E-state index is -0.297. The van der Waals surface area contributed by atoms with Crippen molar-refractivity contribution in [3.8, 4) is 23.9 Å². The summed E-state index contributed by atoms with van der Waals surface area (Å²) < 4.78 is 1.66. The van der Waals surface area contributed by atoms with E-state index >= 15 is 0 Å². The summed E-state index contributed by atoms with van der Waals surface area (Å²) in [6.07, 6.45) is 4.83. The van der Waals surface area contributed by atoms with Crippen LogP contribution in [0.3, 0.4) is 0 Å². The van der Waals surface area contributed by atoms with E-state index in [0.29, 0.717) is 16.4 Å². The minimum Gasteiger partial charge on any atom is -0.343 e. The number of imidazole rings is 1. The van der Waals surface area contributed by atoms with Crippen LogP contribution in [-0.4, -0.2) is 9.55 Å². The van der Waals surface area contributed by atoms with Crippen LogP contribution in [0, 0.1) is 34.0 Å². The normalized spacial score (nSPS) is 9.05. The summed E-state index contributed by atoms with van der Waals surface area (Å²) in [7, 11) is 0. The van der Waals surface area contributed by atoms with Crippen molar-refractivity contribution in [2.75, 3.05) is 5.32 Å². The Bertz CT molecular complexity index is 799. The lowest BCUT2D eigenvalue weighted by Gasteiger charge is -2.13. The predicted molar refractivity (Wildman–Crippen MR) is 76.1 cm³/mol. The summed E-state index contributed by atoms with van der Waals surface area (Å²) in [5.41, 5.74) is 0.623. The molecule has 0 aliphatic rings. The average molecular weight is 295 g/mol. The second-order valence-corrected chi connectivity index (χ2v) is 4.22. The number of rotatable bonds is 3. The van der Waals surface area contributed by atoms with Crippen molar-refractivity contribution in [3.05, 3.63) is 53.2 Å². The fourth-order valence-corrected chi connectivity index (χ4v) is 1.96. The SMILES string of the molecule is N#CC(C#N)=C(C#N)Nc1cccc(Cl)c1-n1ccnc1. The molecular weight excluding hydrogens is 288 g/mol. The van der Waals surface area contributed by atoms with Gasteiger partial charge in [0.25, 0.3) is 0 Å². The minimum absolute atomic E-state index is 0.136. The summed E-state index contributed by atoms with van der Waals surface area (Å²) in [5.74, 6) is 0. The third-order valence-corrected chi connectivity index (χ3v) is 2.90. The second-order valence-electron chi connectivity index (χ2n) is 3.82. The van der Waals surface area contributed by atoms with Crippen LogP contribution >= 0.6 is 11.6 Å². The Kier molecular flexibility index (Phi) is 4.21. The number of nitrogens with one attached hydrogen (secondary N) is 1. The molecular formula is C14H7ClN6. The molecule has 0 saturated heterocycles. The molecule has 2 aromatic rings. The number of aromatic nitrogens is 2. The highest BCUT2D eigenvalue weighted by molar-refractivity contribution is 6.33. The lowest BCUT2D eigenvalue weighted by molar-refractivity contribution is 1.06. The third-order valence-electron chi connectivity index (χ3n) is 2.59. The molecule has 0 bridgehead atoms. The van der Waals surface area contributed by atoms with Crippen molar-refractivity contribution in [2.45, 2.75) is 0 Å². The number of para-hydroxylation sites is 1. The number of benzene rings is 1. The molecule has 6 nitrogen and oxygen atoms in total. The summed E-state index contributed by atoms with van der Waals surface area (Å²) in [6.45, 7) is 0. The van der Waals surface area contributed by atoms with Gasteiger partial charge in [-0.3, -0.25) is 0 Å². The van der Waals surface area contributed by atoms with Crippen LogP contribution in [0.5, 0.6) is 0 Å². The van der Waals surface area contributed by atoms with Crippen LogP contribution in [0.1, 0.15) is 0 Å². The summed E-state index contributed by atoms with van der Waals surface area (Å²) >= 11 is 6.18. The molecule has 100 valence electrons. The van der Waals surface area contributed by atoms with Crippen LogP contribution in [0.25, 0.3) is 5.69 Å². The molecule has 0 fully saturated rings. The Hall–Kier alpha value is -3.27. The van der Waals surface area contributed by atoms with Gasteiger partial charge in [0.2, 0.25) is 0 Å². The van der Waals surface area contributed by atoms with Crippen molar-refractivity contribution in [1.29, 1.82) is 15.8 Å². The van der Waals surface area contributed by atoms with Gasteiger partial charge in [0.05, 0.1) is 22.7 Å². The monoisotopic (exact) mass is 294 g/mol. The Labute approximate surface area is 125 Å². The average Bonchev–Trinajstić information content (AvgIpc) is 3.01. The van der Waals surface area contributed by atoms with E-state index in [1.807, 2.05) is 0 Å². The number of hydrogen-bond acceptors (Lipinski definition) is 5. The van der Waals surface area contributed by atoms with Gasteiger partial charge in [-0.25, -0.2) is 4.98 Å². The molecule has 0 saturated carbocycles. The topological polar surface area (TPSA) is 101 Å². The first-order valence-electron chi connectivity index (χ1n) is 5.69. The van der Waals surface area contributed by atoms with Gasteiger partial charge in [0.1, 0.15) is 23.9 Å². The van der Waals surface area contributed by atoms with Crippen molar-refractivity contribution >= 4 is 17.3 Å². The summed E-state index contributed by atoms with van der Waals surface area (Å²) in [5, 5.41) is 30.0. The van der Waals surface area contributed by atoms with Crippen molar-refractivity contribution in [1.82, 2.24) is 9.55 Å². The van der Waals surface area contributed by atoms with E-state index in [1.54, 1.807) is 59.7 Å². The maximum absolute atomic E-state index is 9.09. The molecule has 0 aliphatic heterocycles. The maximum atomic E-state index is 9.09. The van der Waals surface area contributed by atoms with Gasteiger partial charge >= 0.3 is 0 Å². The van der Waals surface area contributed by atoms with Gasteiger partial charge < -0.3 is 9.88 Å². The molecule has 1 aromatic carbocycles. The van der Waals surface area contributed by atoms with E-state index in [-0.39, 0.29) is 11.3 Å². The van der Waals surface area contributed by atoms with Crippen LogP contribution in [-0.2, 0) is 0 Å². The molecule has 1 aromatic heterocycles. The molecule has 0 radical (unpaired) electrons. The summed E-state index contributed by atoms with van der Waals surface area (Å²) in [4.78, 5) is 3.94. The zero-order valence-corrected chi connectivity index (χ0v) is 11.3. The molecule has 0 unspecified atom stereocenters. The smallest absolute Gasteiger partial charge is 0.163 e. The van der Waals surface area contributed by atoms with E-state index in [4.69, 9.17) is 27.4 Å². The maximum Gasteiger partial charge on any atom is 0.163 e. The van der Waals surface area contributed by atoms with E-state index in [0.717, 1.165) is 0 Å². The van der Waals surface area contributed by atoms with Gasteiger partial charge in [0, 0.05) is 12.4 Å². The van der Waals surface area contributed by atoms with Gasteiger partial charge in [-0.05, 0) is 12.1 Å². The van der Waals surface area contributed by atoms with Gasteiger partial charge in [-0.1, -0.05) is 17.7 Å². The zero-order valence-electron chi connectivity index (χ0n) is 10.6. The predicted octanol–water partition coefficient (Wildman–Crippen LogP) is 2.76. The molecule has 21 heavy (non-hydrogen) atoms. The highest BCUT2D eigenvalue weighted by Gasteiger charge is 2.12. The van der Waals surface area contributed by atoms with Gasteiger partial charge in [0.15, 0.2) is 5.57 Å². The van der Waals surface area contributed by atoms with Gasteiger partial charge in [-0.2, -0.15) is 15.8 Å². The Balaban J connectivity index is 2.56. The quantitative estimate of drug-likeness (QED) is 0.877. The number of nitriles is 3. The standard InChI is InChI=1S/C14H7ClN6/c15-11-2-1-3-12(14(11)21-5-4-19-9-21)20-13(8-18)10(6-16)7-17/h1-5,9,20H. The number of allylic oxidation sites excluding steroid dienone is 2. The van der Waals surface area contributed by atoms with Crippen molar-refractivity contribution in [3.63, 3.8) is 0 Å². The molecule has 7 heteroatoms. The molecule has 0 aliphatic carbocycles. The molecule has 0 spiro atoms. The van der Waals surface area contributed by atoms with Crippen LogP contribution in [0.15, 0.2) is 48.2 Å². The lowest BCUT2D eigenvalue weighted by atomic mass is 10.2. The van der Waals surface area contributed by atoms with Crippen LogP contribution < -0.4 is 5.32 Å². The van der Waals surface area contributed by atoms with E-state index < -0.39 is 0 Å². The number of nitrogens with zero attached hydrogens (tertiary/aromatic N) is 5. The van der Waals surface area contributed by atoms with Crippen molar-refractivity contribution < 1.29 is 0 Å². The lowest BCUT2D eigenvalue weighted by Crippen LogP contribution is -2.05. The number of halogens is 1. The van der Waals surface area contributed by atoms with Gasteiger partial charge in [-0.15, -0.1) is 0 Å². The summed E-state index contributed by atoms with van der Waals surface area (Å²) in [6, 6.07) is 10.2. The van der Waals surface area contributed by atoms with E-state index in [9.17, 15) is 0 Å². The highest BCUT2D eigenvalue weighted by atomic mass is 35.5. The number of hydrogen-bond donors (Lipinski definition) is 1. The third kappa shape index (κ3) is 2.84. The Morgan fingerprint density at radius 1 is 1.19 bits per heavy atom. The first kappa shape index (κ1) is 14.1. The molecule has 2 rings (SSSR count). The van der Waals surface area contributed by atoms with Crippen molar-refractivity contribution in [2.24, 2.45) is 0 Å². The zero-order chi connectivity index (χ0) is 15.2. The largest absolute Gasteiger partial charge is 0.343 e. The number of anilines is 1. The Morgan fingerprint density at radius 3 is 2.52 bits per heavy atom. The Morgan fingerprint density at radius 2 is 1.95 bits per heavy atom. The van der Waals surface area contributed by atoms with Crippen LogP contribution in [0.4, 0.5) is 5.69 Å². The van der Waals surface area contributed by atoms with E-state index in [2.05, 4.69) is 10.3 Å². The first-order chi connectivity index (χ1) is 10.2. The highest BCUT2D eigenvalue weighted by Crippen LogP contribution is 2.29. The fraction of sp³-hybridized carbons (Fsp3) is 0. The van der Waals surface area contributed by atoms with E-state index in [1.165, 1.54) is 0 Å².